The second-order valence-corrected chi connectivity index (χ2v) is 8.04. The monoisotopic (exact) mass is 457 g/mol. The van der Waals surface area contributed by atoms with Crippen LogP contribution in [0.5, 0.6) is 5.75 Å². The number of hydrogen-bond acceptors (Lipinski definition) is 2. The third-order valence-corrected chi connectivity index (χ3v) is 5.84. The maximum atomic E-state index is 12.5. The Morgan fingerprint density at radius 2 is 1.69 bits per heavy atom. The number of ether oxygens (including phenoxy) is 1. The van der Waals surface area contributed by atoms with E-state index in [0.29, 0.717) is 0 Å². The highest BCUT2D eigenvalue weighted by atomic mass is 79.9. The molecule has 0 saturated heterocycles. The topological polar surface area (TPSA) is 31.5 Å². The minimum Gasteiger partial charge on any atom is -0.435 e. The number of nitrogens with zero attached hydrogens (tertiary/aromatic N) is 3. The van der Waals surface area contributed by atoms with Crippen molar-refractivity contribution in [3.05, 3.63) is 64.8 Å². The number of alkyl halides is 2. The molecule has 7 heteroatoms. The van der Waals surface area contributed by atoms with Crippen molar-refractivity contribution in [2.24, 2.45) is 0 Å². The van der Waals surface area contributed by atoms with Gasteiger partial charge in [0.25, 0.3) is 0 Å². The molecule has 0 amide bonds. The molecular formula is C22H18BrF2N3O. The van der Waals surface area contributed by atoms with Gasteiger partial charge >= 0.3 is 6.61 Å². The number of rotatable bonds is 4. The first-order valence-corrected chi connectivity index (χ1v) is 10.3. The van der Waals surface area contributed by atoms with Gasteiger partial charge in [-0.15, -0.1) is 0 Å². The molecule has 148 valence electrons. The molecule has 0 N–H and O–H groups in total. The summed E-state index contributed by atoms with van der Waals surface area (Å²) in [5.74, 6) is 1.07. The fraction of sp³-hybridized carbons (Fsp3) is 0.227. The molecule has 0 atom stereocenters. The Labute approximate surface area is 174 Å². The molecule has 0 spiro atoms. The summed E-state index contributed by atoms with van der Waals surface area (Å²) >= 11 is 3.48. The van der Waals surface area contributed by atoms with E-state index in [1.807, 2.05) is 24.3 Å². The van der Waals surface area contributed by atoms with Crippen LogP contribution in [-0.2, 0) is 13.0 Å². The lowest BCUT2D eigenvalue weighted by molar-refractivity contribution is -0.0498. The highest BCUT2D eigenvalue weighted by molar-refractivity contribution is 9.10. The second kappa shape index (κ2) is 7.30. The average molecular weight is 458 g/mol. The summed E-state index contributed by atoms with van der Waals surface area (Å²) in [7, 11) is 0. The molecule has 0 aliphatic carbocycles. The number of aromatic nitrogens is 3. The van der Waals surface area contributed by atoms with E-state index in [2.05, 4.69) is 48.1 Å². The van der Waals surface area contributed by atoms with Crippen molar-refractivity contribution in [3.8, 4) is 28.3 Å². The molecule has 5 rings (SSSR count). The van der Waals surface area contributed by atoms with Gasteiger partial charge in [0.05, 0.1) is 0 Å². The Morgan fingerprint density at radius 3 is 2.41 bits per heavy atom. The highest BCUT2D eigenvalue weighted by Gasteiger charge is 2.22. The van der Waals surface area contributed by atoms with Gasteiger partial charge in [-0.05, 0) is 49.1 Å². The first kappa shape index (κ1) is 18.4. The molecule has 0 unspecified atom stereocenters. The van der Waals surface area contributed by atoms with E-state index >= 15 is 0 Å². The molecule has 0 saturated carbocycles. The van der Waals surface area contributed by atoms with Crippen molar-refractivity contribution < 1.29 is 13.5 Å². The molecule has 2 aromatic heterocycles. The summed E-state index contributed by atoms with van der Waals surface area (Å²) < 4.78 is 34.7. The summed E-state index contributed by atoms with van der Waals surface area (Å²) in [5.41, 5.74) is 5.51. The first-order chi connectivity index (χ1) is 14.1. The van der Waals surface area contributed by atoms with Crippen molar-refractivity contribution in [3.63, 3.8) is 0 Å². The smallest absolute Gasteiger partial charge is 0.387 e. The van der Waals surface area contributed by atoms with Crippen molar-refractivity contribution in [1.82, 2.24) is 14.2 Å². The number of hydrogen-bond donors (Lipinski definition) is 0. The van der Waals surface area contributed by atoms with Gasteiger partial charge < -0.3 is 4.74 Å². The SMILES string of the molecule is FC(F)Oc1ccc(-c2cn3c(-c4ccc(Br)cc4)nn4c3c2CCCC4)cc1. The van der Waals surface area contributed by atoms with Crippen LogP contribution >= 0.6 is 15.9 Å². The van der Waals surface area contributed by atoms with Crippen LogP contribution in [-0.4, -0.2) is 20.8 Å². The Balaban J connectivity index is 1.65. The van der Waals surface area contributed by atoms with Crippen LogP contribution < -0.4 is 4.74 Å². The summed E-state index contributed by atoms with van der Waals surface area (Å²) in [5, 5.41) is 4.88. The lowest BCUT2D eigenvalue weighted by atomic mass is 10.0. The fourth-order valence-corrected chi connectivity index (χ4v) is 4.28. The van der Waals surface area contributed by atoms with Gasteiger partial charge in [-0.3, -0.25) is 4.40 Å². The quantitative estimate of drug-likeness (QED) is 0.366. The molecule has 1 aliphatic heterocycles. The molecule has 0 bridgehead atoms. The largest absolute Gasteiger partial charge is 0.435 e. The van der Waals surface area contributed by atoms with Crippen LogP contribution in [0.15, 0.2) is 59.2 Å². The van der Waals surface area contributed by atoms with Gasteiger partial charge in [0.2, 0.25) is 0 Å². The van der Waals surface area contributed by atoms with Crippen molar-refractivity contribution in [2.45, 2.75) is 32.4 Å². The third-order valence-electron chi connectivity index (χ3n) is 5.31. The van der Waals surface area contributed by atoms with Gasteiger partial charge in [0, 0.05) is 33.9 Å². The van der Waals surface area contributed by atoms with Crippen LogP contribution in [0, 0.1) is 0 Å². The molecule has 4 nitrogen and oxygen atoms in total. The van der Waals surface area contributed by atoms with E-state index < -0.39 is 6.61 Å². The van der Waals surface area contributed by atoms with Gasteiger partial charge in [0.15, 0.2) is 5.82 Å². The summed E-state index contributed by atoms with van der Waals surface area (Å²) in [4.78, 5) is 0. The molecule has 0 radical (unpaired) electrons. The molecule has 3 heterocycles. The second-order valence-electron chi connectivity index (χ2n) is 7.13. The van der Waals surface area contributed by atoms with E-state index in [1.165, 1.54) is 5.56 Å². The zero-order valence-electron chi connectivity index (χ0n) is 15.5. The molecule has 0 fully saturated rings. The predicted molar refractivity (Wildman–Crippen MR) is 111 cm³/mol. The van der Waals surface area contributed by atoms with E-state index in [4.69, 9.17) is 5.10 Å². The minimum atomic E-state index is -2.82. The molecule has 1 aliphatic rings. The number of aryl methyl sites for hydroxylation is 2. The Bertz CT molecular complexity index is 1160. The summed E-state index contributed by atoms with van der Waals surface area (Å²) in [6.07, 6.45) is 5.25. The Morgan fingerprint density at radius 1 is 0.966 bits per heavy atom. The lowest BCUT2D eigenvalue weighted by Gasteiger charge is -2.06. The van der Waals surface area contributed by atoms with Crippen molar-refractivity contribution in [1.29, 1.82) is 0 Å². The van der Waals surface area contributed by atoms with Gasteiger partial charge in [-0.2, -0.15) is 13.9 Å². The standard InChI is InChI=1S/C22H18BrF2N3O/c23-16-8-4-15(5-9-16)20-26-28-12-2-1-3-18-19(13-27(20)21(18)28)14-6-10-17(11-7-14)29-22(24)25/h4-11,13,22H,1-3,12H2. The van der Waals surface area contributed by atoms with Crippen LogP contribution in [0.2, 0.25) is 0 Å². The molecule has 2 aromatic carbocycles. The van der Waals surface area contributed by atoms with Gasteiger partial charge in [-0.1, -0.05) is 40.2 Å². The molecule has 29 heavy (non-hydrogen) atoms. The first-order valence-electron chi connectivity index (χ1n) is 9.52. The van der Waals surface area contributed by atoms with Crippen LogP contribution in [0.1, 0.15) is 18.4 Å². The number of halogens is 3. The van der Waals surface area contributed by atoms with E-state index in [1.54, 1.807) is 12.1 Å². The fourth-order valence-electron chi connectivity index (χ4n) is 4.01. The summed E-state index contributed by atoms with van der Waals surface area (Å²) in [6.45, 7) is -1.93. The van der Waals surface area contributed by atoms with E-state index in [0.717, 1.165) is 58.4 Å². The zero-order valence-corrected chi connectivity index (χ0v) is 17.1. The van der Waals surface area contributed by atoms with E-state index in [-0.39, 0.29) is 5.75 Å². The lowest BCUT2D eigenvalue weighted by Crippen LogP contribution is -2.01. The van der Waals surface area contributed by atoms with Crippen LogP contribution in [0.4, 0.5) is 8.78 Å². The third kappa shape index (κ3) is 3.33. The van der Waals surface area contributed by atoms with Crippen LogP contribution in [0.25, 0.3) is 28.2 Å². The maximum Gasteiger partial charge on any atom is 0.387 e. The average Bonchev–Trinajstić information content (AvgIpc) is 3.16. The molecule has 4 aromatic rings. The van der Waals surface area contributed by atoms with E-state index in [9.17, 15) is 8.78 Å². The van der Waals surface area contributed by atoms with Crippen molar-refractivity contribution in [2.75, 3.05) is 0 Å². The van der Waals surface area contributed by atoms with Gasteiger partial charge in [0.1, 0.15) is 11.4 Å². The predicted octanol–water partition coefficient (Wildman–Crippen LogP) is 6.17. The minimum absolute atomic E-state index is 0.167. The molecular weight excluding hydrogens is 440 g/mol. The normalized spacial score (nSPS) is 13.8. The Kier molecular flexibility index (Phi) is 4.62. The highest BCUT2D eigenvalue weighted by Crippen LogP contribution is 2.36. The zero-order chi connectivity index (χ0) is 20.0. The Hall–Kier alpha value is -2.67. The van der Waals surface area contributed by atoms with Crippen LogP contribution in [0.3, 0.4) is 0 Å². The maximum absolute atomic E-state index is 12.5. The van der Waals surface area contributed by atoms with Gasteiger partial charge in [-0.25, -0.2) is 4.68 Å². The van der Waals surface area contributed by atoms with Crippen molar-refractivity contribution >= 4 is 21.6 Å². The number of benzene rings is 2. The summed E-state index contributed by atoms with van der Waals surface area (Å²) in [6, 6.07) is 15.0.